The summed E-state index contributed by atoms with van der Waals surface area (Å²) in [6.07, 6.45) is 2.82. The van der Waals surface area contributed by atoms with Gasteiger partial charge in [0.05, 0.1) is 6.54 Å². The van der Waals surface area contributed by atoms with Gasteiger partial charge in [-0.1, -0.05) is 41.9 Å². The summed E-state index contributed by atoms with van der Waals surface area (Å²) in [5.41, 5.74) is 3.41. The Hall–Kier alpha value is -2.30. The van der Waals surface area contributed by atoms with E-state index in [-0.39, 0.29) is 18.5 Å². The van der Waals surface area contributed by atoms with Gasteiger partial charge in [0.25, 0.3) is 0 Å². The van der Waals surface area contributed by atoms with E-state index in [2.05, 4.69) is 27.8 Å². The molecule has 0 aliphatic rings. The molecule has 0 aliphatic carbocycles. The summed E-state index contributed by atoms with van der Waals surface area (Å²) in [6.45, 7) is 2.92. The largest absolute Gasteiger partial charge is 0.361 e. The van der Waals surface area contributed by atoms with E-state index < -0.39 is 0 Å². The minimum atomic E-state index is -0.00582. The number of halogens is 1. The van der Waals surface area contributed by atoms with E-state index in [4.69, 9.17) is 11.6 Å². The Labute approximate surface area is 152 Å². The molecule has 5 heteroatoms. The van der Waals surface area contributed by atoms with Crippen molar-refractivity contribution in [3.05, 3.63) is 70.9 Å². The van der Waals surface area contributed by atoms with Gasteiger partial charge >= 0.3 is 0 Å². The number of carbonyl (C=O) groups excluding carboxylic acids is 1. The van der Waals surface area contributed by atoms with E-state index in [1.807, 2.05) is 49.5 Å². The quantitative estimate of drug-likeness (QED) is 0.603. The van der Waals surface area contributed by atoms with Crippen molar-refractivity contribution >= 4 is 28.4 Å². The molecule has 1 heterocycles. The fourth-order valence-electron chi connectivity index (χ4n) is 2.88. The van der Waals surface area contributed by atoms with Crippen LogP contribution in [0.1, 0.15) is 24.1 Å². The van der Waals surface area contributed by atoms with Crippen molar-refractivity contribution in [2.45, 2.75) is 19.4 Å². The molecule has 0 aliphatic heterocycles. The molecule has 4 nitrogen and oxygen atoms in total. The van der Waals surface area contributed by atoms with Gasteiger partial charge in [-0.2, -0.15) is 0 Å². The number of fused-ring (bicyclic) bond motifs is 1. The van der Waals surface area contributed by atoms with E-state index >= 15 is 0 Å². The third-order valence-corrected chi connectivity index (χ3v) is 4.54. The molecule has 1 amide bonds. The van der Waals surface area contributed by atoms with E-state index in [1.165, 1.54) is 10.9 Å². The van der Waals surface area contributed by atoms with Gasteiger partial charge in [0.1, 0.15) is 0 Å². The number of para-hydroxylation sites is 1. The molecule has 1 aromatic heterocycles. The van der Waals surface area contributed by atoms with Crippen molar-refractivity contribution in [1.29, 1.82) is 0 Å². The summed E-state index contributed by atoms with van der Waals surface area (Å²) in [5, 5.41) is 8.10. The lowest BCUT2D eigenvalue weighted by Gasteiger charge is -2.14. The molecule has 3 N–H and O–H groups in total. The van der Waals surface area contributed by atoms with Gasteiger partial charge in [-0.3, -0.25) is 4.79 Å². The van der Waals surface area contributed by atoms with Gasteiger partial charge in [-0.15, -0.1) is 0 Å². The summed E-state index contributed by atoms with van der Waals surface area (Å²) >= 11 is 6.00. The molecule has 0 saturated heterocycles. The number of hydrogen-bond acceptors (Lipinski definition) is 2. The molecule has 0 bridgehead atoms. The van der Waals surface area contributed by atoms with Crippen LogP contribution >= 0.6 is 11.6 Å². The maximum absolute atomic E-state index is 12.0. The van der Waals surface area contributed by atoms with Crippen LogP contribution in [0, 0.1) is 0 Å². The zero-order valence-corrected chi connectivity index (χ0v) is 14.9. The molecule has 0 saturated carbocycles. The first-order chi connectivity index (χ1) is 12.1. The second-order valence-electron chi connectivity index (χ2n) is 6.12. The molecule has 25 heavy (non-hydrogen) atoms. The molecule has 3 aromatic rings. The average Bonchev–Trinajstić information content (AvgIpc) is 3.03. The molecule has 2 aromatic carbocycles. The smallest absolute Gasteiger partial charge is 0.233 e. The Morgan fingerprint density at radius 3 is 2.88 bits per heavy atom. The predicted molar refractivity (Wildman–Crippen MR) is 103 cm³/mol. The van der Waals surface area contributed by atoms with Crippen molar-refractivity contribution in [1.82, 2.24) is 15.6 Å². The van der Waals surface area contributed by atoms with Crippen LogP contribution in [-0.4, -0.2) is 24.0 Å². The maximum atomic E-state index is 12.0. The molecule has 1 atom stereocenters. The van der Waals surface area contributed by atoms with Crippen molar-refractivity contribution in [2.24, 2.45) is 0 Å². The van der Waals surface area contributed by atoms with Crippen LogP contribution in [0.25, 0.3) is 10.9 Å². The number of H-pyrrole nitrogens is 1. The Morgan fingerprint density at radius 1 is 1.20 bits per heavy atom. The van der Waals surface area contributed by atoms with Gasteiger partial charge in [0.2, 0.25) is 5.91 Å². The summed E-state index contributed by atoms with van der Waals surface area (Å²) in [7, 11) is 0. The second-order valence-corrected chi connectivity index (χ2v) is 6.55. The van der Waals surface area contributed by atoms with Crippen LogP contribution in [0.15, 0.2) is 54.7 Å². The molecule has 3 rings (SSSR count). The van der Waals surface area contributed by atoms with Crippen LogP contribution in [0.4, 0.5) is 0 Å². The number of carbonyl (C=O) groups is 1. The fraction of sp³-hybridized carbons (Fsp3) is 0.250. The summed E-state index contributed by atoms with van der Waals surface area (Å²) in [4.78, 5) is 15.3. The van der Waals surface area contributed by atoms with E-state index in [0.717, 1.165) is 17.5 Å². The SMILES string of the molecule is C[C@@H](NCC(=O)NCCc1c[nH]c2ccccc12)c1cccc(Cl)c1. The lowest BCUT2D eigenvalue weighted by atomic mass is 10.1. The van der Waals surface area contributed by atoms with Crippen molar-refractivity contribution < 1.29 is 4.79 Å². The predicted octanol–water partition coefficient (Wildman–Crippen LogP) is 3.83. The van der Waals surface area contributed by atoms with Crippen molar-refractivity contribution in [3.63, 3.8) is 0 Å². The van der Waals surface area contributed by atoms with E-state index in [1.54, 1.807) is 0 Å². The van der Waals surface area contributed by atoms with E-state index in [0.29, 0.717) is 11.6 Å². The molecule has 0 radical (unpaired) electrons. The monoisotopic (exact) mass is 355 g/mol. The lowest BCUT2D eigenvalue weighted by Crippen LogP contribution is -2.36. The summed E-state index contributed by atoms with van der Waals surface area (Å²) in [5.74, 6) is -0.00582. The summed E-state index contributed by atoms with van der Waals surface area (Å²) < 4.78 is 0. The highest BCUT2D eigenvalue weighted by molar-refractivity contribution is 6.30. The third-order valence-electron chi connectivity index (χ3n) is 4.31. The van der Waals surface area contributed by atoms with Crippen molar-refractivity contribution in [3.8, 4) is 0 Å². The Balaban J connectivity index is 1.44. The molecule has 0 spiro atoms. The highest BCUT2D eigenvalue weighted by Gasteiger charge is 2.08. The first-order valence-corrected chi connectivity index (χ1v) is 8.82. The Bertz CT molecular complexity index is 859. The average molecular weight is 356 g/mol. The standard InChI is InChI=1S/C20H22ClN3O/c1-14(15-5-4-6-17(21)11-15)23-13-20(25)22-10-9-16-12-24-19-8-3-2-7-18(16)19/h2-8,11-12,14,23-24H,9-10,13H2,1H3,(H,22,25)/t14-/m1/s1. The first kappa shape index (κ1) is 17.5. The van der Waals surface area contributed by atoms with Crippen LogP contribution in [0.2, 0.25) is 5.02 Å². The van der Waals surface area contributed by atoms with Crippen LogP contribution in [0.5, 0.6) is 0 Å². The Morgan fingerprint density at radius 2 is 2.04 bits per heavy atom. The van der Waals surface area contributed by atoms with Gasteiger partial charge in [-0.05, 0) is 42.7 Å². The number of benzene rings is 2. The topological polar surface area (TPSA) is 56.9 Å². The fourth-order valence-corrected chi connectivity index (χ4v) is 3.08. The third kappa shape index (κ3) is 4.62. The van der Waals surface area contributed by atoms with Crippen LogP contribution < -0.4 is 10.6 Å². The van der Waals surface area contributed by atoms with Crippen LogP contribution in [-0.2, 0) is 11.2 Å². The summed E-state index contributed by atoms with van der Waals surface area (Å²) in [6, 6.07) is 15.9. The van der Waals surface area contributed by atoms with E-state index in [9.17, 15) is 4.79 Å². The number of rotatable bonds is 7. The zero-order valence-electron chi connectivity index (χ0n) is 14.2. The molecular weight excluding hydrogens is 334 g/mol. The number of nitrogens with one attached hydrogen (secondary N) is 3. The highest BCUT2D eigenvalue weighted by atomic mass is 35.5. The lowest BCUT2D eigenvalue weighted by molar-refractivity contribution is -0.120. The Kier molecular flexibility index (Phi) is 5.74. The first-order valence-electron chi connectivity index (χ1n) is 8.44. The van der Waals surface area contributed by atoms with Gasteiger partial charge in [-0.25, -0.2) is 0 Å². The molecular formula is C20H22ClN3O. The minimum absolute atomic E-state index is 0.00582. The van der Waals surface area contributed by atoms with Crippen molar-refractivity contribution in [2.75, 3.05) is 13.1 Å². The zero-order chi connectivity index (χ0) is 17.6. The maximum Gasteiger partial charge on any atom is 0.233 e. The molecule has 130 valence electrons. The minimum Gasteiger partial charge on any atom is -0.361 e. The van der Waals surface area contributed by atoms with Gasteiger partial charge in [0.15, 0.2) is 0 Å². The molecule has 0 unspecified atom stereocenters. The second kappa shape index (κ2) is 8.19. The normalized spacial score (nSPS) is 12.2. The number of aromatic nitrogens is 1. The van der Waals surface area contributed by atoms with Crippen LogP contribution in [0.3, 0.4) is 0 Å². The van der Waals surface area contributed by atoms with Gasteiger partial charge in [0, 0.05) is 34.7 Å². The van der Waals surface area contributed by atoms with Gasteiger partial charge < -0.3 is 15.6 Å². The molecule has 0 fully saturated rings. The highest BCUT2D eigenvalue weighted by Crippen LogP contribution is 2.18. The number of aromatic amines is 1. The number of hydrogen-bond donors (Lipinski definition) is 3. The number of amides is 1.